The van der Waals surface area contributed by atoms with Gasteiger partial charge in [-0.1, -0.05) is 12.1 Å². The van der Waals surface area contributed by atoms with Crippen LogP contribution in [-0.2, 0) is 13.1 Å². The molecule has 2 aromatic rings. The van der Waals surface area contributed by atoms with Crippen molar-refractivity contribution in [3.05, 3.63) is 48.0 Å². The summed E-state index contributed by atoms with van der Waals surface area (Å²) in [6, 6.07) is 7.14. The van der Waals surface area contributed by atoms with Crippen LogP contribution in [0.2, 0.25) is 0 Å². The molecular formula is C14H14N4O2. The number of anilines is 1. The van der Waals surface area contributed by atoms with Crippen molar-refractivity contribution in [2.24, 2.45) is 0 Å². The minimum absolute atomic E-state index is 0.174. The number of hydrogen-bond donors (Lipinski definition) is 1. The Bertz CT molecular complexity index is 620. The SMILES string of the molecule is COc1ccccc1NC(=O)N1Cc2cncnc2C1. The Kier molecular flexibility index (Phi) is 3.20. The molecule has 0 radical (unpaired) electrons. The van der Waals surface area contributed by atoms with E-state index in [9.17, 15) is 4.79 Å². The molecule has 1 N–H and O–H groups in total. The molecule has 0 saturated carbocycles. The van der Waals surface area contributed by atoms with Gasteiger partial charge < -0.3 is 15.0 Å². The van der Waals surface area contributed by atoms with E-state index < -0.39 is 0 Å². The van der Waals surface area contributed by atoms with E-state index in [0.29, 0.717) is 24.5 Å². The molecule has 0 bridgehead atoms. The lowest BCUT2D eigenvalue weighted by Crippen LogP contribution is -2.30. The highest BCUT2D eigenvalue weighted by Gasteiger charge is 2.24. The third kappa shape index (κ3) is 2.27. The molecule has 1 aliphatic rings. The molecule has 3 rings (SSSR count). The molecular weight excluding hydrogens is 256 g/mol. The molecule has 1 aromatic heterocycles. The maximum absolute atomic E-state index is 12.3. The summed E-state index contributed by atoms with van der Waals surface area (Å²) in [5.74, 6) is 0.636. The van der Waals surface area contributed by atoms with Gasteiger partial charge >= 0.3 is 6.03 Å². The fraction of sp³-hybridized carbons (Fsp3) is 0.214. The maximum Gasteiger partial charge on any atom is 0.322 e. The Morgan fingerprint density at radius 1 is 1.35 bits per heavy atom. The Hall–Kier alpha value is -2.63. The number of amides is 2. The number of hydrogen-bond acceptors (Lipinski definition) is 4. The van der Waals surface area contributed by atoms with E-state index in [1.54, 1.807) is 30.3 Å². The molecule has 1 aliphatic heterocycles. The second-order valence-electron chi connectivity index (χ2n) is 4.48. The van der Waals surface area contributed by atoms with Crippen LogP contribution in [0.25, 0.3) is 0 Å². The summed E-state index contributed by atoms with van der Waals surface area (Å²) in [7, 11) is 1.58. The monoisotopic (exact) mass is 270 g/mol. The number of methoxy groups -OCH3 is 1. The first-order valence-corrected chi connectivity index (χ1v) is 6.24. The van der Waals surface area contributed by atoms with Crippen molar-refractivity contribution in [1.82, 2.24) is 14.9 Å². The molecule has 0 spiro atoms. The van der Waals surface area contributed by atoms with E-state index in [-0.39, 0.29) is 6.03 Å². The number of carbonyl (C=O) groups is 1. The topological polar surface area (TPSA) is 67.3 Å². The summed E-state index contributed by atoms with van der Waals surface area (Å²) in [4.78, 5) is 22.1. The second-order valence-corrected chi connectivity index (χ2v) is 4.48. The van der Waals surface area contributed by atoms with Crippen LogP contribution < -0.4 is 10.1 Å². The lowest BCUT2D eigenvalue weighted by atomic mass is 10.3. The maximum atomic E-state index is 12.3. The fourth-order valence-electron chi connectivity index (χ4n) is 2.19. The molecule has 20 heavy (non-hydrogen) atoms. The van der Waals surface area contributed by atoms with Gasteiger partial charge in [0, 0.05) is 11.8 Å². The van der Waals surface area contributed by atoms with Crippen LogP contribution in [0.3, 0.4) is 0 Å². The van der Waals surface area contributed by atoms with Gasteiger partial charge in [-0.2, -0.15) is 0 Å². The van der Waals surface area contributed by atoms with Crippen LogP contribution in [0.1, 0.15) is 11.3 Å². The molecule has 0 saturated heterocycles. The minimum atomic E-state index is -0.174. The van der Waals surface area contributed by atoms with E-state index in [1.165, 1.54) is 6.33 Å². The fourth-order valence-corrected chi connectivity index (χ4v) is 2.19. The number of carbonyl (C=O) groups excluding carboxylic acids is 1. The zero-order valence-electron chi connectivity index (χ0n) is 11.0. The van der Waals surface area contributed by atoms with E-state index in [1.807, 2.05) is 12.1 Å². The number of rotatable bonds is 2. The van der Waals surface area contributed by atoms with Crippen LogP contribution in [0.5, 0.6) is 5.75 Å². The molecule has 6 heteroatoms. The van der Waals surface area contributed by atoms with Gasteiger partial charge in [0.2, 0.25) is 0 Å². The van der Waals surface area contributed by atoms with Crippen molar-refractivity contribution in [3.8, 4) is 5.75 Å². The molecule has 2 amide bonds. The van der Waals surface area contributed by atoms with Crippen LogP contribution in [0.4, 0.5) is 10.5 Å². The summed E-state index contributed by atoms with van der Waals surface area (Å²) in [6.07, 6.45) is 3.25. The molecule has 1 aromatic carbocycles. The highest BCUT2D eigenvalue weighted by Crippen LogP contribution is 2.25. The lowest BCUT2D eigenvalue weighted by molar-refractivity contribution is 0.212. The molecule has 0 unspecified atom stereocenters. The Balaban J connectivity index is 1.72. The molecule has 0 fully saturated rings. The molecule has 0 aliphatic carbocycles. The van der Waals surface area contributed by atoms with Gasteiger partial charge in [0.15, 0.2) is 0 Å². The lowest BCUT2D eigenvalue weighted by Gasteiger charge is -2.17. The first-order chi connectivity index (χ1) is 9.78. The number of para-hydroxylation sites is 2. The zero-order valence-corrected chi connectivity index (χ0v) is 11.0. The highest BCUT2D eigenvalue weighted by molar-refractivity contribution is 5.91. The molecule has 2 heterocycles. The molecule has 102 valence electrons. The number of nitrogens with one attached hydrogen (secondary N) is 1. The van der Waals surface area contributed by atoms with E-state index in [4.69, 9.17) is 4.74 Å². The standard InChI is InChI=1S/C14H14N4O2/c1-20-13-5-3-2-4-11(13)17-14(19)18-7-10-6-15-9-16-12(10)8-18/h2-6,9H,7-8H2,1H3,(H,17,19). The van der Waals surface area contributed by atoms with Crippen molar-refractivity contribution in [1.29, 1.82) is 0 Å². The van der Waals surface area contributed by atoms with Crippen LogP contribution in [0, 0.1) is 0 Å². The number of aromatic nitrogens is 2. The first-order valence-electron chi connectivity index (χ1n) is 6.24. The number of fused-ring (bicyclic) bond motifs is 1. The minimum Gasteiger partial charge on any atom is -0.495 e. The summed E-state index contributed by atoms with van der Waals surface area (Å²) >= 11 is 0. The van der Waals surface area contributed by atoms with E-state index in [0.717, 1.165) is 11.3 Å². The Labute approximate surface area is 116 Å². The van der Waals surface area contributed by atoms with Crippen LogP contribution in [-0.4, -0.2) is 28.0 Å². The smallest absolute Gasteiger partial charge is 0.322 e. The average molecular weight is 270 g/mol. The first kappa shape index (κ1) is 12.4. The Morgan fingerprint density at radius 2 is 2.20 bits per heavy atom. The van der Waals surface area contributed by atoms with Crippen LogP contribution in [0.15, 0.2) is 36.8 Å². The van der Waals surface area contributed by atoms with Gasteiger partial charge in [0.05, 0.1) is 31.6 Å². The summed E-state index contributed by atoms with van der Waals surface area (Å²) in [5, 5.41) is 2.85. The van der Waals surface area contributed by atoms with Gasteiger partial charge in [-0.3, -0.25) is 0 Å². The average Bonchev–Trinajstić information content (AvgIpc) is 2.92. The highest BCUT2D eigenvalue weighted by atomic mass is 16.5. The predicted molar refractivity (Wildman–Crippen MR) is 73.3 cm³/mol. The van der Waals surface area contributed by atoms with Gasteiger partial charge in [0.1, 0.15) is 12.1 Å². The largest absolute Gasteiger partial charge is 0.495 e. The van der Waals surface area contributed by atoms with Gasteiger partial charge in [-0.15, -0.1) is 0 Å². The van der Waals surface area contributed by atoms with Crippen molar-refractivity contribution in [3.63, 3.8) is 0 Å². The third-order valence-corrected chi connectivity index (χ3v) is 3.22. The normalized spacial score (nSPS) is 12.9. The summed E-state index contributed by atoms with van der Waals surface area (Å²) in [6.45, 7) is 1.02. The summed E-state index contributed by atoms with van der Waals surface area (Å²) in [5.41, 5.74) is 2.54. The van der Waals surface area contributed by atoms with Gasteiger partial charge in [-0.25, -0.2) is 14.8 Å². The molecule has 0 atom stereocenters. The zero-order chi connectivity index (χ0) is 13.9. The van der Waals surface area contributed by atoms with Gasteiger partial charge in [-0.05, 0) is 12.1 Å². The molecule has 6 nitrogen and oxygen atoms in total. The number of benzene rings is 1. The number of nitrogens with zero attached hydrogens (tertiary/aromatic N) is 3. The number of urea groups is 1. The van der Waals surface area contributed by atoms with Crippen molar-refractivity contribution in [2.75, 3.05) is 12.4 Å². The van der Waals surface area contributed by atoms with Gasteiger partial charge in [0.25, 0.3) is 0 Å². The predicted octanol–water partition coefficient (Wildman–Crippen LogP) is 2.03. The third-order valence-electron chi connectivity index (χ3n) is 3.22. The van der Waals surface area contributed by atoms with E-state index in [2.05, 4.69) is 15.3 Å². The van der Waals surface area contributed by atoms with Crippen LogP contribution >= 0.6 is 0 Å². The number of ether oxygens (including phenoxy) is 1. The second kappa shape index (κ2) is 5.16. The Morgan fingerprint density at radius 3 is 3.00 bits per heavy atom. The van der Waals surface area contributed by atoms with E-state index >= 15 is 0 Å². The van der Waals surface area contributed by atoms with Crippen molar-refractivity contribution in [2.45, 2.75) is 13.1 Å². The van der Waals surface area contributed by atoms with Crippen molar-refractivity contribution < 1.29 is 9.53 Å². The summed E-state index contributed by atoms with van der Waals surface area (Å²) < 4.78 is 5.22. The quantitative estimate of drug-likeness (QED) is 0.906. The van der Waals surface area contributed by atoms with Crippen molar-refractivity contribution >= 4 is 11.7 Å².